The summed E-state index contributed by atoms with van der Waals surface area (Å²) in [5, 5.41) is 3.50. The van der Waals surface area contributed by atoms with Gasteiger partial charge in [0.1, 0.15) is 0 Å². The number of likely N-dealkylation sites (tertiary alicyclic amines) is 1. The largest absolute Gasteiger partial charge is 0.316 e. The zero-order chi connectivity index (χ0) is 11.4. The number of nitrogens with zero attached hydrogens (tertiary/aromatic N) is 1. The predicted octanol–water partition coefficient (Wildman–Crippen LogP) is 2.64. The first kappa shape index (κ1) is 12.4. The van der Waals surface area contributed by atoms with E-state index in [0.29, 0.717) is 0 Å². The molecule has 1 aliphatic carbocycles. The molecule has 2 nitrogen and oxygen atoms in total. The summed E-state index contributed by atoms with van der Waals surface area (Å²) in [6.07, 6.45) is 10.0. The maximum Gasteiger partial charge on any atom is 0.0195 e. The van der Waals surface area contributed by atoms with Gasteiger partial charge in [-0.25, -0.2) is 0 Å². The molecule has 2 heteroatoms. The topological polar surface area (TPSA) is 15.3 Å². The number of piperidine rings is 1. The van der Waals surface area contributed by atoms with E-state index in [9.17, 15) is 0 Å². The van der Waals surface area contributed by atoms with Crippen LogP contribution >= 0.6 is 0 Å². The number of nitrogens with one attached hydrogen (secondary N) is 1. The Morgan fingerprint density at radius 2 is 1.88 bits per heavy atom. The van der Waals surface area contributed by atoms with Crippen LogP contribution in [0.4, 0.5) is 0 Å². The van der Waals surface area contributed by atoms with E-state index in [1.165, 1.54) is 58.0 Å². The zero-order valence-electron chi connectivity index (χ0n) is 11.0. The molecule has 0 amide bonds. The second-order valence-electron chi connectivity index (χ2n) is 5.74. The second-order valence-corrected chi connectivity index (χ2v) is 5.74. The molecule has 1 saturated carbocycles. The predicted molar refractivity (Wildman–Crippen MR) is 69.7 cm³/mol. The molecule has 0 aromatic heterocycles. The van der Waals surface area contributed by atoms with Crippen molar-refractivity contribution >= 4 is 0 Å². The molecule has 1 saturated heterocycles. The van der Waals surface area contributed by atoms with Crippen LogP contribution in [0.15, 0.2) is 0 Å². The van der Waals surface area contributed by atoms with Gasteiger partial charge in [0.15, 0.2) is 0 Å². The second kappa shape index (κ2) is 6.02. The Kier molecular flexibility index (Phi) is 4.66. The summed E-state index contributed by atoms with van der Waals surface area (Å²) in [5.74, 6) is 0.924. The van der Waals surface area contributed by atoms with Crippen LogP contribution in [-0.2, 0) is 0 Å². The van der Waals surface area contributed by atoms with Gasteiger partial charge in [0.2, 0.25) is 0 Å². The third-order valence-corrected chi connectivity index (χ3v) is 4.64. The van der Waals surface area contributed by atoms with Crippen molar-refractivity contribution in [1.29, 1.82) is 0 Å². The molecule has 2 rings (SSSR count). The lowest BCUT2D eigenvalue weighted by atomic mass is 9.87. The molecule has 0 aromatic rings. The molecule has 1 N–H and O–H groups in total. The Labute approximate surface area is 101 Å². The van der Waals surface area contributed by atoms with Gasteiger partial charge in [-0.15, -0.1) is 0 Å². The third kappa shape index (κ3) is 2.98. The van der Waals surface area contributed by atoms with Crippen LogP contribution in [0.5, 0.6) is 0 Å². The Morgan fingerprint density at radius 1 is 1.12 bits per heavy atom. The van der Waals surface area contributed by atoms with Crippen LogP contribution in [0, 0.1) is 5.92 Å². The standard InChI is InChI=1S/C14H28N2/c1-3-12-9-13(15-2)11-16(10-12)14-7-5-4-6-8-14/h12-15H,3-11H2,1-2H3. The van der Waals surface area contributed by atoms with Gasteiger partial charge in [-0.05, 0) is 32.2 Å². The van der Waals surface area contributed by atoms with E-state index in [-0.39, 0.29) is 0 Å². The molecule has 2 aliphatic rings. The monoisotopic (exact) mass is 224 g/mol. The lowest BCUT2D eigenvalue weighted by Gasteiger charge is -2.43. The Bertz CT molecular complexity index is 187. The maximum atomic E-state index is 3.50. The van der Waals surface area contributed by atoms with Gasteiger partial charge in [-0.3, -0.25) is 4.90 Å². The molecule has 1 heterocycles. The summed E-state index contributed by atoms with van der Waals surface area (Å²) in [6, 6.07) is 1.64. The van der Waals surface area contributed by atoms with Gasteiger partial charge in [0, 0.05) is 25.2 Å². The number of hydrogen-bond donors (Lipinski definition) is 1. The van der Waals surface area contributed by atoms with Gasteiger partial charge in [-0.2, -0.15) is 0 Å². The summed E-state index contributed by atoms with van der Waals surface area (Å²) in [7, 11) is 2.13. The number of rotatable bonds is 3. The summed E-state index contributed by atoms with van der Waals surface area (Å²) in [5.41, 5.74) is 0. The first-order valence-electron chi connectivity index (χ1n) is 7.24. The first-order chi connectivity index (χ1) is 7.83. The fourth-order valence-electron chi connectivity index (χ4n) is 3.49. The molecule has 0 spiro atoms. The highest BCUT2D eigenvalue weighted by Crippen LogP contribution is 2.28. The Balaban J connectivity index is 1.91. The van der Waals surface area contributed by atoms with Gasteiger partial charge >= 0.3 is 0 Å². The van der Waals surface area contributed by atoms with Crippen molar-refractivity contribution < 1.29 is 0 Å². The van der Waals surface area contributed by atoms with E-state index in [4.69, 9.17) is 0 Å². The van der Waals surface area contributed by atoms with Crippen LogP contribution in [0.25, 0.3) is 0 Å². The summed E-state index contributed by atoms with van der Waals surface area (Å²) in [6.45, 7) is 5.00. The highest BCUT2D eigenvalue weighted by molar-refractivity contribution is 4.87. The first-order valence-corrected chi connectivity index (χ1v) is 7.24. The quantitative estimate of drug-likeness (QED) is 0.793. The molecule has 0 aromatic carbocycles. The molecule has 2 fully saturated rings. The highest BCUT2D eigenvalue weighted by Gasteiger charge is 2.30. The van der Waals surface area contributed by atoms with Crippen molar-refractivity contribution in [1.82, 2.24) is 10.2 Å². The Morgan fingerprint density at radius 3 is 2.50 bits per heavy atom. The molecular formula is C14H28N2. The summed E-state index contributed by atoms with van der Waals surface area (Å²) >= 11 is 0. The van der Waals surface area contributed by atoms with Crippen LogP contribution in [0.3, 0.4) is 0 Å². The number of hydrogen-bond acceptors (Lipinski definition) is 2. The fraction of sp³-hybridized carbons (Fsp3) is 1.00. The lowest BCUT2D eigenvalue weighted by molar-refractivity contribution is 0.0783. The van der Waals surface area contributed by atoms with E-state index in [0.717, 1.165) is 18.0 Å². The molecule has 16 heavy (non-hydrogen) atoms. The minimum Gasteiger partial charge on any atom is -0.316 e. The van der Waals surface area contributed by atoms with Crippen LogP contribution in [0.1, 0.15) is 51.9 Å². The summed E-state index contributed by atoms with van der Waals surface area (Å²) < 4.78 is 0. The van der Waals surface area contributed by atoms with Crippen LogP contribution < -0.4 is 5.32 Å². The smallest absolute Gasteiger partial charge is 0.0195 e. The minimum absolute atomic E-state index is 0.737. The SMILES string of the molecule is CCC1CC(NC)CN(C2CCCCC2)C1. The molecule has 2 atom stereocenters. The van der Waals surface area contributed by atoms with E-state index >= 15 is 0 Å². The fourth-order valence-corrected chi connectivity index (χ4v) is 3.49. The van der Waals surface area contributed by atoms with Crippen molar-refractivity contribution in [3.63, 3.8) is 0 Å². The average molecular weight is 224 g/mol. The molecule has 0 bridgehead atoms. The van der Waals surface area contributed by atoms with E-state index in [1.807, 2.05) is 0 Å². The van der Waals surface area contributed by atoms with Gasteiger partial charge in [0.05, 0.1) is 0 Å². The van der Waals surface area contributed by atoms with Gasteiger partial charge in [-0.1, -0.05) is 32.6 Å². The van der Waals surface area contributed by atoms with Crippen LogP contribution in [-0.4, -0.2) is 37.1 Å². The van der Waals surface area contributed by atoms with Crippen molar-refractivity contribution in [3.05, 3.63) is 0 Å². The molecular weight excluding hydrogens is 196 g/mol. The molecule has 94 valence electrons. The summed E-state index contributed by atoms with van der Waals surface area (Å²) in [4.78, 5) is 2.79. The van der Waals surface area contributed by atoms with Crippen molar-refractivity contribution in [3.8, 4) is 0 Å². The normalized spacial score (nSPS) is 34.1. The van der Waals surface area contributed by atoms with Crippen molar-refractivity contribution in [2.24, 2.45) is 5.92 Å². The lowest BCUT2D eigenvalue weighted by Crippen LogP contribution is -2.52. The molecule has 0 radical (unpaired) electrons. The van der Waals surface area contributed by atoms with E-state index < -0.39 is 0 Å². The molecule has 2 unspecified atom stereocenters. The van der Waals surface area contributed by atoms with Crippen molar-refractivity contribution in [2.75, 3.05) is 20.1 Å². The van der Waals surface area contributed by atoms with Gasteiger partial charge in [0.25, 0.3) is 0 Å². The average Bonchev–Trinajstić information content (AvgIpc) is 2.39. The Hall–Kier alpha value is -0.0800. The number of likely N-dealkylation sites (N-methyl/N-ethyl adjacent to an activating group) is 1. The van der Waals surface area contributed by atoms with E-state index in [2.05, 4.69) is 24.2 Å². The van der Waals surface area contributed by atoms with Crippen molar-refractivity contribution in [2.45, 2.75) is 64.0 Å². The zero-order valence-corrected chi connectivity index (χ0v) is 11.0. The molecule has 1 aliphatic heterocycles. The highest BCUT2D eigenvalue weighted by atomic mass is 15.2. The van der Waals surface area contributed by atoms with E-state index in [1.54, 1.807) is 0 Å². The maximum absolute atomic E-state index is 3.50. The minimum atomic E-state index is 0.737. The third-order valence-electron chi connectivity index (χ3n) is 4.64. The van der Waals surface area contributed by atoms with Gasteiger partial charge < -0.3 is 5.32 Å². The van der Waals surface area contributed by atoms with Crippen LogP contribution in [0.2, 0.25) is 0 Å².